The van der Waals surface area contributed by atoms with Gasteiger partial charge >= 0.3 is 0 Å². The van der Waals surface area contributed by atoms with Crippen LogP contribution in [0.15, 0.2) is 59.7 Å². The highest BCUT2D eigenvalue weighted by molar-refractivity contribution is 5.86. The van der Waals surface area contributed by atoms with Crippen molar-refractivity contribution in [2.45, 2.75) is 18.9 Å². The van der Waals surface area contributed by atoms with E-state index in [0.29, 0.717) is 35.6 Å². The van der Waals surface area contributed by atoms with Gasteiger partial charge in [-0.2, -0.15) is 0 Å². The first kappa shape index (κ1) is 21.1. The summed E-state index contributed by atoms with van der Waals surface area (Å²) < 4.78 is 49.4. The van der Waals surface area contributed by atoms with Crippen molar-refractivity contribution in [2.24, 2.45) is 0 Å². The Kier molecular flexibility index (Phi) is 5.13. The lowest BCUT2D eigenvalue weighted by molar-refractivity contribution is 0.162. The highest BCUT2D eigenvalue weighted by Gasteiger charge is 2.35. The first-order valence-electron chi connectivity index (χ1n) is 10.3. The molecule has 4 aromatic rings. The minimum atomic E-state index is -0.820. The van der Waals surface area contributed by atoms with Gasteiger partial charge in [-0.25, -0.2) is 23.1 Å². The van der Waals surface area contributed by atoms with E-state index in [1.165, 1.54) is 35.0 Å². The zero-order valence-corrected chi connectivity index (χ0v) is 17.6. The third-order valence-electron chi connectivity index (χ3n) is 5.84. The molecule has 0 radical (unpaired) electrons. The lowest BCUT2D eigenvalue weighted by Crippen LogP contribution is -2.40. The zero-order chi connectivity index (χ0) is 23.2. The van der Waals surface area contributed by atoms with Gasteiger partial charge < -0.3 is 10.1 Å². The molecule has 9 heteroatoms. The van der Waals surface area contributed by atoms with Gasteiger partial charge in [0.2, 0.25) is 0 Å². The van der Waals surface area contributed by atoms with Crippen molar-refractivity contribution < 1.29 is 17.9 Å². The Morgan fingerprint density at radius 3 is 2.45 bits per heavy atom. The Bertz CT molecular complexity index is 1390. The summed E-state index contributed by atoms with van der Waals surface area (Å²) in [4.78, 5) is 22.0. The molecule has 0 spiro atoms. The largest absolute Gasteiger partial charge is 0.379 e. The molecule has 1 saturated heterocycles. The number of aromatic nitrogens is 3. The van der Waals surface area contributed by atoms with E-state index in [2.05, 4.69) is 15.3 Å². The lowest BCUT2D eigenvalue weighted by Gasteiger charge is -2.28. The van der Waals surface area contributed by atoms with Crippen molar-refractivity contribution in [3.05, 3.63) is 82.7 Å². The normalized spacial score (nSPS) is 18.1. The van der Waals surface area contributed by atoms with Crippen molar-refractivity contribution in [2.75, 3.05) is 18.5 Å². The maximum atomic E-state index is 14.6. The van der Waals surface area contributed by atoms with Crippen LogP contribution >= 0.6 is 0 Å². The second-order valence-electron chi connectivity index (χ2n) is 8.21. The molecule has 6 nitrogen and oxygen atoms in total. The van der Waals surface area contributed by atoms with E-state index >= 15 is 0 Å². The Morgan fingerprint density at radius 1 is 1.03 bits per heavy atom. The average Bonchev–Trinajstić information content (AvgIpc) is 3.22. The molecule has 1 N–H and O–H groups in total. The van der Waals surface area contributed by atoms with Gasteiger partial charge in [0, 0.05) is 24.3 Å². The standard InChI is InChI=1S/C24H19F3N4O2/c1-24(7-8-33-13-24)31-19-10-21(30-20-6-5-15(25)12-29-20)28-11-14(19)9-16(23(31)32)22-17(26)3-2-4-18(22)27/h2-6,9-12H,7-8,13H2,1H3,(H,28,29,30). The number of hydrogen-bond donors (Lipinski definition) is 1. The molecule has 5 rings (SSSR count). The van der Waals surface area contributed by atoms with Crippen LogP contribution in [0.25, 0.3) is 22.0 Å². The first-order valence-corrected chi connectivity index (χ1v) is 10.3. The summed E-state index contributed by atoms with van der Waals surface area (Å²) in [6.07, 6.45) is 3.14. The van der Waals surface area contributed by atoms with Gasteiger partial charge in [0.25, 0.3) is 5.56 Å². The van der Waals surface area contributed by atoms with Crippen LogP contribution in [0.3, 0.4) is 0 Å². The van der Waals surface area contributed by atoms with Crippen LogP contribution in [0.5, 0.6) is 0 Å². The molecule has 0 amide bonds. The van der Waals surface area contributed by atoms with Crippen LogP contribution in [0.2, 0.25) is 0 Å². The third kappa shape index (κ3) is 3.74. The molecular formula is C24H19F3N4O2. The number of pyridine rings is 3. The molecule has 4 heterocycles. The fraction of sp³-hybridized carbons (Fsp3) is 0.208. The summed E-state index contributed by atoms with van der Waals surface area (Å²) in [6, 6.07) is 9.32. The van der Waals surface area contributed by atoms with Crippen LogP contribution in [0.4, 0.5) is 24.8 Å². The molecule has 33 heavy (non-hydrogen) atoms. The van der Waals surface area contributed by atoms with Crippen molar-refractivity contribution >= 4 is 22.5 Å². The Morgan fingerprint density at radius 2 is 1.79 bits per heavy atom. The van der Waals surface area contributed by atoms with Crippen LogP contribution in [-0.4, -0.2) is 27.7 Å². The van der Waals surface area contributed by atoms with Crippen molar-refractivity contribution in [1.29, 1.82) is 0 Å². The van der Waals surface area contributed by atoms with Gasteiger partial charge in [-0.3, -0.25) is 9.36 Å². The number of rotatable bonds is 4. The fourth-order valence-electron chi connectivity index (χ4n) is 4.16. The van der Waals surface area contributed by atoms with E-state index in [-0.39, 0.29) is 17.7 Å². The zero-order valence-electron chi connectivity index (χ0n) is 17.6. The molecule has 1 aromatic carbocycles. The Hall–Kier alpha value is -3.72. The van der Waals surface area contributed by atoms with Crippen LogP contribution in [0.1, 0.15) is 13.3 Å². The minimum Gasteiger partial charge on any atom is -0.379 e. The Labute approximate surface area is 186 Å². The molecule has 1 aliphatic rings. The van der Waals surface area contributed by atoms with E-state index < -0.39 is 28.5 Å². The Balaban J connectivity index is 1.74. The molecule has 1 unspecified atom stereocenters. The summed E-state index contributed by atoms with van der Waals surface area (Å²) in [6.45, 7) is 2.60. The second kappa shape index (κ2) is 8.00. The summed E-state index contributed by atoms with van der Waals surface area (Å²) >= 11 is 0. The van der Waals surface area contributed by atoms with E-state index in [0.717, 1.165) is 18.3 Å². The molecule has 0 aliphatic carbocycles. The third-order valence-corrected chi connectivity index (χ3v) is 5.84. The fourth-order valence-corrected chi connectivity index (χ4v) is 4.16. The minimum absolute atomic E-state index is 0.0889. The topological polar surface area (TPSA) is 69.0 Å². The number of hydrogen-bond acceptors (Lipinski definition) is 5. The van der Waals surface area contributed by atoms with Gasteiger partial charge in [-0.15, -0.1) is 0 Å². The number of benzene rings is 1. The molecule has 0 saturated carbocycles. The van der Waals surface area contributed by atoms with Gasteiger partial charge in [-0.05, 0) is 43.7 Å². The number of ether oxygens (including phenoxy) is 1. The maximum Gasteiger partial charge on any atom is 0.259 e. The number of nitrogens with one attached hydrogen (secondary N) is 1. The smallest absolute Gasteiger partial charge is 0.259 e. The quantitative estimate of drug-likeness (QED) is 0.484. The molecular weight excluding hydrogens is 433 g/mol. The van der Waals surface area contributed by atoms with Crippen LogP contribution < -0.4 is 10.9 Å². The van der Waals surface area contributed by atoms with Gasteiger partial charge in [0.15, 0.2) is 0 Å². The van der Waals surface area contributed by atoms with Crippen LogP contribution in [0, 0.1) is 17.5 Å². The molecule has 1 fully saturated rings. The average molecular weight is 452 g/mol. The number of nitrogens with zero attached hydrogens (tertiary/aromatic N) is 3. The molecule has 3 aromatic heterocycles. The van der Waals surface area contributed by atoms with E-state index in [1.807, 2.05) is 6.92 Å². The van der Waals surface area contributed by atoms with Crippen molar-refractivity contribution in [1.82, 2.24) is 14.5 Å². The molecule has 168 valence electrons. The summed E-state index contributed by atoms with van der Waals surface area (Å²) in [5.41, 5.74) is -1.20. The second-order valence-corrected chi connectivity index (χ2v) is 8.21. The summed E-state index contributed by atoms with van der Waals surface area (Å²) in [5.74, 6) is -1.36. The molecule has 1 atom stereocenters. The maximum absolute atomic E-state index is 14.6. The molecule has 0 bridgehead atoms. The van der Waals surface area contributed by atoms with Gasteiger partial charge in [0.1, 0.15) is 29.1 Å². The predicted octanol–water partition coefficient (Wildman–Crippen LogP) is 4.75. The number of halogens is 3. The first-order chi connectivity index (χ1) is 15.9. The number of fused-ring (bicyclic) bond motifs is 1. The van der Waals surface area contributed by atoms with Gasteiger partial charge in [0.05, 0.1) is 35.0 Å². The SMILES string of the molecule is CC1(n2c(=O)c(-c3c(F)cccc3F)cc3cnc(Nc4ccc(F)cn4)cc32)CCOC1. The van der Waals surface area contributed by atoms with Crippen LogP contribution in [-0.2, 0) is 10.3 Å². The summed E-state index contributed by atoms with van der Waals surface area (Å²) in [5, 5.41) is 3.51. The number of anilines is 2. The monoisotopic (exact) mass is 452 g/mol. The van der Waals surface area contributed by atoms with Crippen molar-refractivity contribution in [3.8, 4) is 11.1 Å². The highest BCUT2D eigenvalue weighted by atomic mass is 19.1. The van der Waals surface area contributed by atoms with E-state index in [4.69, 9.17) is 4.74 Å². The molecule has 1 aliphatic heterocycles. The van der Waals surface area contributed by atoms with E-state index in [1.54, 1.807) is 6.07 Å². The summed E-state index contributed by atoms with van der Waals surface area (Å²) in [7, 11) is 0. The van der Waals surface area contributed by atoms with E-state index in [9.17, 15) is 18.0 Å². The van der Waals surface area contributed by atoms with Gasteiger partial charge in [-0.1, -0.05) is 6.07 Å². The highest BCUT2D eigenvalue weighted by Crippen LogP contribution is 2.33. The lowest BCUT2D eigenvalue weighted by atomic mass is 9.97. The van der Waals surface area contributed by atoms with Crippen molar-refractivity contribution in [3.63, 3.8) is 0 Å². The predicted molar refractivity (Wildman–Crippen MR) is 118 cm³/mol.